The average molecular weight is 245 g/mol. The van der Waals surface area contributed by atoms with Gasteiger partial charge in [-0.15, -0.1) is 0 Å². The third kappa shape index (κ3) is 5.21. The molecule has 0 atom stereocenters. The van der Waals surface area contributed by atoms with Crippen molar-refractivity contribution < 1.29 is 9.90 Å². The predicted molar refractivity (Wildman–Crippen MR) is 68.6 cm³/mol. The monoisotopic (exact) mass is 245 g/mol. The molecule has 0 aromatic carbocycles. The quantitative estimate of drug-likeness (QED) is 0.609. The van der Waals surface area contributed by atoms with E-state index in [0.717, 1.165) is 31.6 Å². The predicted octanol–water partition coefficient (Wildman–Crippen LogP) is 1.80. The first-order chi connectivity index (χ1) is 7.72. The number of carbonyl (C=O) groups is 1. The van der Waals surface area contributed by atoms with Gasteiger partial charge in [0.25, 0.3) is 0 Å². The summed E-state index contributed by atoms with van der Waals surface area (Å²) in [6, 6.07) is 0. The standard InChI is InChI=1S/C12H23NO2S/c1-2-3-8-16-9-11(15)13-10-12(4-5-12)6-7-14/h14H,2-10H2,1H3,(H,13,15). The molecule has 0 aromatic rings. The van der Waals surface area contributed by atoms with Gasteiger partial charge < -0.3 is 10.4 Å². The number of aliphatic hydroxyl groups is 1. The van der Waals surface area contributed by atoms with E-state index in [4.69, 9.17) is 5.11 Å². The topological polar surface area (TPSA) is 49.3 Å². The second-order valence-electron chi connectivity index (χ2n) is 4.66. The molecule has 0 aliphatic heterocycles. The van der Waals surface area contributed by atoms with Crippen molar-refractivity contribution in [1.82, 2.24) is 5.32 Å². The van der Waals surface area contributed by atoms with Crippen LogP contribution in [0.25, 0.3) is 0 Å². The molecule has 1 amide bonds. The van der Waals surface area contributed by atoms with Crippen LogP contribution in [0.3, 0.4) is 0 Å². The fourth-order valence-electron chi connectivity index (χ4n) is 1.68. The molecule has 16 heavy (non-hydrogen) atoms. The van der Waals surface area contributed by atoms with Crippen molar-refractivity contribution >= 4 is 17.7 Å². The Morgan fingerprint density at radius 3 is 2.81 bits per heavy atom. The largest absolute Gasteiger partial charge is 0.396 e. The maximum absolute atomic E-state index is 11.5. The molecule has 1 aliphatic carbocycles. The maximum atomic E-state index is 11.5. The highest BCUT2D eigenvalue weighted by Crippen LogP contribution is 2.47. The fourth-order valence-corrected chi connectivity index (χ4v) is 2.60. The highest BCUT2D eigenvalue weighted by molar-refractivity contribution is 7.99. The van der Waals surface area contributed by atoms with Gasteiger partial charge >= 0.3 is 0 Å². The van der Waals surface area contributed by atoms with Gasteiger partial charge in [0.1, 0.15) is 0 Å². The molecule has 0 spiro atoms. The maximum Gasteiger partial charge on any atom is 0.230 e. The minimum Gasteiger partial charge on any atom is -0.396 e. The molecule has 0 unspecified atom stereocenters. The van der Waals surface area contributed by atoms with Gasteiger partial charge in [-0.3, -0.25) is 4.79 Å². The Hall–Kier alpha value is -0.220. The van der Waals surface area contributed by atoms with E-state index in [0.29, 0.717) is 5.75 Å². The van der Waals surface area contributed by atoms with Gasteiger partial charge in [0.05, 0.1) is 5.75 Å². The summed E-state index contributed by atoms with van der Waals surface area (Å²) in [5.41, 5.74) is 0.235. The van der Waals surface area contributed by atoms with Crippen LogP contribution in [0.4, 0.5) is 0 Å². The Morgan fingerprint density at radius 2 is 2.25 bits per heavy atom. The number of amides is 1. The lowest BCUT2D eigenvalue weighted by Gasteiger charge is -2.14. The molecule has 0 bridgehead atoms. The summed E-state index contributed by atoms with van der Waals surface area (Å²) >= 11 is 1.71. The molecule has 0 aromatic heterocycles. The molecule has 1 aliphatic rings. The van der Waals surface area contributed by atoms with Crippen LogP contribution < -0.4 is 5.32 Å². The van der Waals surface area contributed by atoms with Crippen LogP contribution in [0, 0.1) is 5.41 Å². The molecule has 1 saturated carbocycles. The Balaban J connectivity index is 2.02. The zero-order valence-corrected chi connectivity index (χ0v) is 10.9. The summed E-state index contributed by atoms with van der Waals surface area (Å²) < 4.78 is 0. The Morgan fingerprint density at radius 1 is 1.50 bits per heavy atom. The van der Waals surface area contributed by atoms with E-state index in [1.807, 2.05) is 0 Å². The minimum absolute atomic E-state index is 0.144. The lowest BCUT2D eigenvalue weighted by molar-refractivity contribution is -0.118. The smallest absolute Gasteiger partial charge is 0.230 e. The number of thioether (sulfide) groups is 1. The van der Waals surface area contributed by atoms with Crippen LogP contribution in [0.1, 0.15) is 39.0 Å². The molecule has 4 heteroatoms. The lowest BCUT2D eigenvalue weighted by atomic mass is 10.0. The van der Waals surface area contributed by atoms with E-state index in [2.05, 4.69) is 12.2 Å². The van der Waals surface area contributed by atoms with Gasteiger partial charge in [0, 0.05) is 13.2 Å². The van der Waals surface area contributed by atoms with Gasteiger partial charge in [0.15, 0.2) is 0 Å². The first-order valence-electron chi connectivity index (χ1n) is 6.18. The molecule has 94 valence electrons. The Kier molecular flexibility index (Phi) is 6.21. The van der Waals surface area contributed by atoms with Gasteiger partial charge in [-0.25, -0.2) is 0 Å². The van der Waals surface area contributed by atoms with Gasteiger partial charge in [-0.05, 0) is 36.9 Å². The van der Waals surface area contributed by atoms with Crippen LogP contribution in [0.5, 0.6) is 0 Å². The van der Waals surface area contributed by atoms with Crippen molar-refractivity contribution in [3.63, 3.8) is 0 Å². The number of nitrogens with one attached hydrogen (secondary N) is 1. The number of hydrogen-bond acceptors (Lipinski definition) is 3. The minimum atomic E-state index is 0.144. The second-order valence-corrected chi connectivity index (χ2v) is 5.76. The SMILES string of the molecule is CCCCSCC(=O)NCC1(CCO)CC1. The normalized spacial score (nSPS) is 17.1. The van der Waals surface area contributed by atoms with E-state index < -0.39 is 0 Å². The molecular formula is C12H23NO2S. The van der Waals surface area contributed by atoms with E-state index >= 15 is 0 Å². The second kappa shape index (κ2) is 7.17. The van der Waals surface area contributed by atoms with Gasteiger partial charge in [0.2, 0.25) is 5.91 Å². The van der Waals surface area contributed by atoms with E-state index in [1.165, 1.54) is 12.8 Å². The van der Waals surface area contributed by atoms with E-state index in [1.54, 1.807) is 11.8 Å². The Labute approximate surface area is 102 Å². The van der Waals surface area contributed by atoms with Crippen molar-refractivity contribution in [3.05, 3.63) is 0 Å². The number of rotatable bonds is 9. The third-order valence-corrected chi connectivity index (χ3v) is 4.18. The zero-order chi connectivity index (χ0) is 11.9. The Bertz CT molecular complexity index is 217. The van der Waals surface area contributed by atoms with Crippen molar-refractivity contribution in [2.45, 2.75) is 39.0 Å². The van der Waals surface area contributed by atoms with E-state index in [9.17, 15) is 4.79 Å². The summed E-state index contributed by atoms with van der Waals surface area (Å²) in [5.74, 6) is 1.80. The highest BCUT2D eigenvalue weighted by Gasteiger charge is 2.41. The van der Waals surface area contributed by atoms with Crippen molar-refractivity contribution in [2.24, 2.45) is 5.41 Å². The van der Waals surface area contributed by atoms with Crippen molar-refractivity contribution in [2.75, 3.05) is 24.7 Å². The number of aliphatic hydroxyl groups excluding tert-OH is 1. The number of carbonyl (C=O) groups excluding carboxylic acids is 1. The summed E-state index contributed by atoms with van der Waals surface area (Å²) in [6.07, 6.45) is 5.50. The van der Waals surface area contributed by atoms with Crippen molar-refractivity contribution in [3.8, 4) is 0 Å². The first kappa shape index (κ1) is 13.8. The average Bonchev–Trinajstić information content (AvgIpc) is 3.03. The summed E-state index contributed by atoms with van der Waals surface area (Å²) in [7, 11) is 0. The van der Waals surface area contributed by atoms with Crippen LogP contribution in [-0.4, -0.2) is 35.7 Å². The molecule has 0 heterocycles. The molecule has 3 nitrogen and oxygen atoms in total. The summed E-state index contributed by atoms with van der Waals surface area (Å²) in [5, 5.41) is 11.9. The molecule has 0 saturated heterocycles. The molecule has 2 N–H and O–H groups in total. The summed E-state index contributed by atoms with van der Waals surface area (Å²) in [6.45, 7) is 3.15. The van der Waals surface area contributed by atoms with Crippen LogP contribution in [0.2, 0.25) is 0 Å². The first-order valence-corrected chi connectivity index (χ1v) is 7.33. The van der Waals surface area contributed by atoms with Gasteiger partial charge in [-0.1, -0.05) is 13.3 Å². The number of unbranched alkanes of at least 4 members (excludes halogenated alkanes) is 1. The number of hydrogen-bond donors (Lipinski definition) is 2. The lowest BCUT2D eigenvalue weighted by Crippen LogP contribution is -2.32. The molecular weight excluding hydrogens is 222 g/mol. The van der Waals surface area contributed by atoms with Crippen molar-refractivity contribution in [1.29, 1.82) is 0 Å². The molecule has 0 radical (unpaired) electrons. The molecule has 1 rings (SSSR count). The van der Waals surface area contributed by atoms with Crippen LogP contribution in [0.15, 0.2) is 0 Å². The zero-order valence-electron chi connectivity index (χ0n) is 10.1. The fraction of sp³-hybridized carbons (Fsp3) is 0.917. The third-order valence-electron chi connectivity index (χ3n) is 3.14. The van der Waals surface area contributed by atoms with Crippen LogP contribution >= 0.6 is 11.8 Å². The molecule has 1 fully saturated rings. The highest BCUT2D eigenvalue weighted by atomic mass is 32.2. The van der Waals surface area contributed by atoms with E-state index in [-0.39, 0.29) is 17.9 Å². The summed E-state index contributed by atoms with van der Waals surface area (Å²) in [4.78, 5) is 11.5. The van der Waals surface area contributed by atoms with Gasteiger partial charge in [-0.2, -0.15) is 11.8 Å². The van der Waals surface area contributed by atoms with Crippen LogP contribution in [-0.2, 0) is 4.79 Å².